The van der Waals surface area contributed by atoms with Crippen molar-refractivity contribution in [1.29, 1.82) is 0 Å². The number of carbonyl (C=O) groups is 1. The molecule has 1 aliphatic carbocycles. The molecule has 2 aromatic carbocycles. The Balaban J connectivity index is 1.56. The van der Waals surface area contributed by atoms with Crippen molar-refractivity contribution in [3.8, 4) is 10.6 Å². The second-order valence-electron chi connectivity index (χ2n) is 7.70. The normalized spacial score (nSPS) is 16.6. The van der Waals surface area contributed by atoms with E-state index in [0.717, 1.165) is 54.7 Å². The van der Waals surface area contributed by atoms with Gasteiger partial charge in [-0.15, -0.1) is 11.3 Å². The zero-order valence-corrected chi connectivity index (χ0v) is 17.3. The minimum Gasteiger partial charge on any atom is -0.385 e. The van der Waals surface area contributed by atoms with Gasteiger partial charge < -0.3 is 10.4 Å². The van der Waals surface area contributed by atoms with Crippen LogP contribution in [0.25, 0.3) is 10.6 Å². The minimum atomic E-state index is -0.887. The molecule has 4 rings (SSSR count). The van der Waals surface area contributed by atoms with E-state index in [9.17, 15) is 9.90 Å². The fraction of sp³-hybridized carbons (Fsp3) is 0.333. The van der Waals surface area contributed by atoms with Crippen molar-refractivity contribution in [1.82, 2.24) is 4.98 Å². The molecule has 2 N–H and O–H groups in total. The number of thiazole rings is 1. The molecule has 1 saturated carbocycles. The summed E-state index contributed by atoms with van der Waals surface area (Å²) in [6.07, 6.45) is 7.01. The van der Waals surface area contributed by atoms with Crippen LogP contribution in [0.2, 0.25) is 0 Å². The summed E-state index contributed by atoms with van der Waals surface area (Å²) in [5, 5.41) is 17.0. The first-order valence-corrected chi connectivity index (χ1v) is 11.2. The minimum absolute atomic E-state index is 0.245. The lowest BCUT2D eigenvalue weighted by molar-refractivity contribution is 0.0103. The third-order valence-electron chi connectivity index (χ3n) is 5.61. The second-order valence-corrected chi connectivity index (χ2v) is 8.56. The maximum atomic E-state index is 12.9. The van der Waals surface area contributed by atoms with Crippen LogP contribution in [0.5, 0.6) is 0 Å². The lowest BCUT2D eigenvalue weighted by Gasteiger charge is -2.32. The number of benzene rings is 2. The molecule has 0 bridgehead atoms. The van der Waals surface area contributed by atoms with Gasteiger partial charge in [0.05, 0.1) is 5.60 Å². The lowest BCUT2D eigenvalue weighted by Crippen LogP contribution is -2.28. The maximum Gasteiger partial charge on any atom is 0.275 e. The summed E-state index contributed by atoms with van der Waals surface area (Å²) in [4.78, 5) is 17.4. The molecule has 0 atom stereocenters. The molecule has 1 fully saturated rings. The molecule has 1 heterocycles. The molecule has 0 unspecified atom stereocenters. The average Bonchev–Trinajstić information content (AvgIpc) is 3.23. The van der Waals surface area contributed by atoms with E-state index in [0.29, 0.717) is 11.4 Å². The van der Waals surface area contributed by atoms with Gasteiger partial charge in [0.25, 0.3) is 5.91 Å². The van der Waals surface area contributed by atoms with E-state index >= 15 is 0 Å². The van der Waals surface area contributed by atoms with Crippen LogP contribution in [0.1, 0.15) is 61.0 Å². The van der Waals surface area contributed by atoms with E-state index < -0.39 is 5.60 Å². The van der Waals surface area contributed by atoms with Crippen molar-refractivity contribution in [2.24, 2.45) is 0 Å². The van der Waals surface area contributed by atoms with Crippen LogP contribution in [-0.4, -0.2) is 16.0 Å². The van der Waals surface area contributed by atoms with Gasteiger partial charge in [0.2, 0.25) is 0 Å². The van der Waals surface area contributed by atoms with Crippen LogP contribution in [0.4, 0.5) is 5.69 Å². The highest BCUT2D eigenvalue weighted by atomic mass is 32.1. The van der Waals surface area contributed by atoms with Crippen LogP contribution in [-0.2, 0) is 5.60 Å². The predicted octanol–water partition coefficient (Wildman–Crippen LogP) is 5.99. The number of aromatic nitrogens is 1. The molecule has 5 heteroatoms. The third-order valence-corrected chi connectivity index (χ3v) is 6.51. The second kappa shape index (κ2) is 8.89. The number of nitrogens with one attached hydrogen (secondary N) is 1. The molecule has 0 aliphatic heterocycles. The van der Waals surface area contributed by atoms with Gasteiger partial charge in [-0.2, -0.15) is 0 Å². The first-order valence-electron chi connectivity index (χ1n) is 10.3. The van der Waals surface area contributed by atoms with E-state index in [1.54, 1.807) is 5.38 Å². The van der Waals surface area contributed by atoms with Crippen LogP contribution < -0.4 is 5.32 Å². The van der Waals surface area contributed by atoms with E-state index in [1.165, 1.54) is 17.8 Å². The van der Waals surface area contributed by atoms with Gasteiger partial charge in [-0.25, -0.2) is 4.98 Å². The summed E-state index contributed by atoms with van der Waals surface area (Å²) in [6, 6.07) is 17.5. The van der Waals surface area contributed by atoms with Crippen molar-refractivity contribution >= 4 is 22.9 Å². The van der Waals surface area contributed by atoms with Crippen LogP contribution in [0, 0.1) is 0 Å². The number of aliphatic hydroxyl groups is 1. The molecule has 4 nitrogen and oxygen atoms in total. The maximum absolute atomic E-state index is 12.9. The molecular formula is C24H26N2O2S. The standard InChI is InChI=1S/C24H26N2O2S/c27-22(21-17-29-23(26-21)18-11-5-4-6-12-18)25-20-14-8-7-13-19(20)24(28)15-9-2-1-3-10-16-24/h4-8,11-14,17,28H,1-3,9-10,15-16H2,(H,25,27). The topological polar surface area (TPSA) is 62.2 Å². The Morgan fingerprint density at radius 2 is 1.59 bits per heavy atom. The summed E-state index contributed by atoms with van der Waals surface area (Å²) in [7, 11) is 0. The van der Waals surface area contributed by atoms with Crippen molar-refractivity contribution in [3.63, 3.8) is 0 Å². The zero-order valence-electron chi connectivity index (χ0n) is 16.4. The predicted molar refractivity (Wildman–Crippen MR) is 118 cm³/mol. The third kappa shape index (κ3) is 4.57. The summed E-state index contributed by atoms with van der Waals surface area (Å²) in [6.45, 7) is 0. The summed E-state index contributed by atoms with van der Waals surface area (Å²) >= 11 is 1.46. The lowest BCUT2D eigenvalue weighted by atomic mass is 9.81. The summed E-state index contributed by atoms with van der Waals surface area (Å²) in [5.74, 6) is -0.245. The summed E-state index contributed by atoms with van der Waals surface area (Å²) < 4.78 is 0. The Hall–Kier alpha value is -2.50. The van der Waals surface area contributed by atoms with Crippen molar-refractivity contribution in [3.05, 3.63) is 71.2 Å². The van der Waals surface area contributed by atoms with Gasteiger partial charge in [-0.1, -0.05) is 80.6 Å². The molecule has 1 aliphatic rings. The number of carbonyl (C=O) groups excluding carboxylic acids is 1. The molecule has 0 saturated heterocycles. The molecule has 1 amide bonds. The van der Waals surface area contributed by atoms with Crippen molar-refractivity contribution < 1.29 is 9.90 Å². The SMILES string of the molecule is O=C(Nc1ccccc1C1(O)CCCCCCC1)c1csc(-c2ccccc2)n1. The Labute approximate surface area is 175 Å². The van der Waals surface area contributed by atoms with Gasteiger partial charge in [-0.05, 0) is 18.9 Å². The molecular weight excluding hydrogens is 380 g/mol. The number of hydrogen-bond acceptors (Lipinski definition) is 4. The number of amides is 1. The Bertz CT molecular complexity index is 960. The van der Waals surface area contributed by atoms with Gasteiger partial charge in [-0.3, -0.25) is 4.79 Å². The van der Waals surface area contributed by atoms with Crippen molar-refractivity contribution in [2.75, 3.05) is 5.32 Å². The van der Waals surface area contributed by atoms with E-state index in [2.05, 4.69) is 10.3 Å². The fourth-order valence-corrected chi connectivity index (χ4v) is 4.84. The molecule has 3 aromatic rings. The van der Waals surface area contributed by atoms with E-state index in [1.807, 2.05) is 54.6 Å². The number of para-hydroxylation sites is 1. The Kier molecular flexibility index (Phi) is 6.07. The van der Waals surface area contributed by atoms with Gasteiger partial charge in [0.15, 0.2) is 0 Å². The highest BCUT2D eigenvalue weighted by Crippen LogP contribution is 2.39. The van der Waals surface area contributed by atoms with Crippen LogP contribution in [0.3, 0.4) is 0 Å². The molecule has 1 aromatic heterocycles. The summed E-state index contributed by atoms with van der Waals surface area (Å²) in [5.41, 5.74) is 2.00. The average molecular weight is 407 g/mol. The highest BCUT2D eigenvalue weighted by Gasteiger charge is 2.32. The fourth-order valence-electron chi connectivity index (χ4n) is 4.04. The number of rotatable bonds is 4. The monoisotopic (exact) mass is 406 g/mol. The van der Waals surface area contributed by atoms with Gasteiger partial charge in [0.1, 0.15) is 10.7 Å². The molecule has 0 radical (unpaired) electrons. The van der Waals surface area contributed by atoms with Gasteiger partial charge in [0, 0.05) is 22.2 Å². The van der Waals surface area contributed by atoms with Crippen LogP contribution >= 0.6 is 11.3 Å². The smallest absolute Gasteiger partial charge is 0.275 e. The zero-order chi connectivity index (χ0) is 20.1. The molecule has 29 heavy (non-hydrogen) atoms. The number of nitrogens with zero attached hydrogens (tertiary/aromatic N) is 1. The number of hydrogen-bond donors (Lipinski definition) is 2. The first-order chi connectivity index (χ1) is 14.2. The van der Waals surface area contributed by atoms with E-state index in [4.69, 9.17) is 0 Å². The van der Waals surface area contributed by atoms with E-state index in [-0.39, 0.29) is 5.91 Å². The van der Waals surface area contributed by atoms with Crippen LogP contribution in [0.15, 0.2) is 60.0 Å². The molecule has 150 valence electrons. The Morgan fingerprint density at radius 1 is 0.931 bits per heavy atom. The van der Waals surface area contributed by atoms with Gasteiger partial charge >= 0.3 is 0 Å². The quantitative estimate of drug-likeness (QED) is 0.559. The Morgan fingerprint density at radius 3 is 2.34 bits per heavy atom. The molecule has 0 spiro atoms. The largest absolute Gasteiger partial charge is 0.385 e. The first kappa shape index (κ1) is 19.8. The van der Waals surface area contributed by atoms with Crippen molar-refractivity contribution in [2.45, 2.75) is 50.5 Å². The highest BCUT2D eigenvalue weighted by molar-refractivity contribution is 7.13. The number of anilines is 1.